The lowest BCUT2D eigenvalue weighted by molar-refractivity contribution is -0.221. The molecule has 7 rings (SSSR count). The third-order valence-corrected chi connectivity index (χ3v) is 20.9. The molecule has 53 heavy (non-hydrogen) atoms. The summed E-state index contributed by atoms with van der Waals surface area (Å²) in [6.07, 6.45) is 16.9. The van der Waals surface area contributed by atoms with Gasteiger partial charge in [0, 0.05) is 31.7 Å². The van der Waals surface area contributed by atoms with Gasteiger partial charge in [-0.05, 0) is 160 Å². The fraction of sp³-hybridized carbons (Fsp3) is 0.844. The van der Waals surface area contributed by atoms with Crippen molar-refractivity contribution in [1.29, 1.82) is 0 Å². The van der Waals surface area contributed by atoms with Crippen LogP contribution in [0, 0.1) is 56.7 Å². The minimum atomic E-state index is -3.03. The lowest BCUT2D eigenvalue weighted by Crippen LogP contribution is -2.68. The first-order valence-electron chi connectivity index (χ1n) is 21.3. The lowest BCUT2D eigenvalue weighted by Gasteiger charge is -2.72. The molecule has 2 unspecified atom stereocenters. The van der Waals surface area contributed by atoms with Crippen LogP contribution < -0.4 is 5.32 Å². The number of nitrogens with one attached hydrogen (secondary N) is 1. The molecule has 0 aromatic rings. The fourth-order valence-electron chi connectivity index (χ4n) is 15.2. The first kappa shape index (κ1) is 39.7. The van der Waals surface area contributed by atoms with E-state index in [2.05, 4.69) is 70.5 Å². The Labute approximate surface area is 321 Å². The Morgan fingerprint density at radius 2 is 1.62 bits per heavy atom. The van der Waals surface area contributed by atoms with E-state index in [9.17, 15) is 22.7 Å². The van der Waals surface area contributed by atoms with E-state index in [1.165, 1.54) is 68.1 Å². The van der Waals surface area contributed by atoms with Crippen LogP contribution in [0.4, 0.5) is 4.39 Å². The number of hydrogen-bond acceptors (Lipinski definition) is 5. The van der Waals surface area contributed by atoms with Crippen LogP contribution in [0.15, 0.2) is 35.5 Å². The molecule has 5 fully saturated rings. The number of nitrogens with zero attached hydrogens (tertiary/aromatic N) is 1. The molecule has 1 saturated heterocycles. The van der Waals surface area contributed by atoms with Gasteiger partial charge in [0.05, 0.1) is 15.9 Å². The molecule has 298 valence electrons. The van der Waals surface area contributed by atoms with Crippen LogP contribution in [0.5, 0.6) is 0 Å². The summed E-state index contributed by atoms with van der Waals surface area (Å²) in [6, 6.07) is 0. The largest absolute Gasteiger partial charge is 0.481 e. The smallest absolute Gasteiger partial charge is 0.312 e. The monoisotopic (exact) mass is 755 g/mol. The summed E-state index contributed by atoms with van der Waals surface area (Å²) < 4.78 is 39.4. The number of alkyl halides is 1. The van der Waals surface area contributed by atoms with Crippen molar-refractivity contribution in [2.45, 2.75) is 148 Å². The van der Waals surface area contributed by atoms with Gasteiger partial charge in [0.2, 0.25) is 0 Å². The third-order valence-electron chi connectivity index (χ3n) is 18.4. The maximum Gasteiger partial charge on any atom is 0.312 e. The molecule has 0 aromatic carbocycles. The van der Waals surface area contributed by atoms with E-state index in [0.29, 0.717) is 55.5 Å². The Morgan fingerprint density at radius 1 is 0.925 bits per heavy atom. The number of aliphatic carboxylic acids is 1. The highest BCUT2D eigenvalue weighted by Crippen LogP contribution is 2.76. The van der Waals surface area contributed by atoms with Gasteiger partial charge in [-0.2, -0.15) is 0 Å². The number of rotatable bonds is 8. The van der Waals surface area contributed by atoms with Crippen molar-refractivity contribution in [3.05, 3.63) is 35.5 Å². The fourth-order valence-corrected chi connectivity index (χ4v) is 16.8. The molecule has 0 bridgehead atoms. The number of allylic oxidation sites excluding steroid dienone is 5. The van der Waals surface area contributed by atoms with Gasteiger partial charge in [0.15, 0.2) is 9.84 Å². The van der Waals surface area contributed by atoms with Crippen LogP contribution in [-0.2, 0) is 14.6 Å². The Kier molecular flexibility index (Phi) is 9.95. The molecule has 1 aliphatic heterocycles. The van der Waals surface area contributed by atoms with Gasteiger partial charge in [0.1, 0.15) is 6.67 Å². The van der Waals surface area contributed by atoms with Crippen LogP contribution >= 0.6 is 0 Å². The van der Waals surface area contributed by atoms with E-state index in [1.807, 2.05) is 13.8 Å². The van der Waals surface area contributed by atoms with Crippen LogP contribution in [-0.4, -0.2) is 73.3 Å². The number of hydrogen-bond donors (Lipinski definition) is 2. The number of fused-ring (bicyclic) bond motifs is 7. The van der Waals surface area contributed by atoms with Crippen molar-refractivity contribution >= 4 is 15.8 Å². The summed E-state index contributed by atoms with van der Waals surface area (Å²) in [4.78, 5) is 14.4. The van der Waals surface area contributed by atoms with Crippen molar-refractivity contribution in [3.8, 4) is 0 Å². The number of carboxylic acids is 1. The molecule has 12 atom stereocenters. The molecule has 0 aromatic heterocycles. The van der Waals surface area contributed by atoms with Gasteiger partial charge in [-0.1, -0.05) is 58.9 Å². The predicted molar refractivity (Wildman–Crippen MR) is 213 cm³/mol. The van der Waals surface area contributed by atoms with Crippen molar-refractivity contribution in [2.24, 2.45) is 56.7 Å². The molecule has 0 radical (unpaired) electrons. The summed E-state index contributed by atoms with van der Waals surface area (Å²) in [5, 5.41) is 13.5. The molecule has 4 saturated carbocycles. The summed E-state index contributed by atoms with van der Waals surface area (Å²) in [7, 11) is -3.03. The second kappa shape index (κ2) is 13.3. The molecule has 8 heteroatoms. The standard InChI is InChI=1S/C45H71FN2O4S/c1-29(2)33-14-21-45(47-24-25-48-26-30(3)53(51,52)31(4)27-48)23-22-42(8)35(38(33)45)10-11-37-41(7)17-15-34(40(5,6)36(41)16-18-43(37,42)9)32-12-19-44(28-46,20-13-32)39(49)50/h12,15,30-31,33,35-38,47H,1,10-11,13-14,16-28H2,2-9H3,(H,49,50)/t30?,31?,33-,35+,36-,37+,38+,41-,42+,43+,44-,45-/m0/s1. The predicted octanol–water partition coefficient (Wildman–Crippen LogP) is 9.18. The molecule has 1 heterocycles. The van der Waals surface area contributed by atoms with E-state index in [1.54, 1.807) is 0 Å². The Bertz CT molecular complexity index is 1650. The quantitative estimate of drug-likeness (QED) is 0.241. The number of halogens is 1. The summed E-state index contributed by atoms with van der Waals surface area (Å²) >= 11 is 0. The molecule has 7 aliphatic rings. The van der Waals surface area contributed by atoms with Gasteiger partial charge in [-0.3, -0.25) is 9.69 Å². The number of sulfone groups is 1. The Balaban J connectivity index is 1.13. The van der Waals surface area contributed by atoms with Crippen LogP contribution in [0.25, 0.3) is 0 Å². The third kappa shape index (κ3) is 5.77. The first-order chi connectivity index (χ1) is 24.7. The van der Waals surface area contributed by atoms with Crippen molar-refractivity contribution in [3.63, 3.8) is 0 Å². The van der Waals surface area contributed by atoms with Crippen LogP contribution in [0.1, 0.15) is 132 Å². The van der Waals surface area contributed by atoms with Crippen molar-refractivity contribution in [1.82, 2.24) is 10.2 Å². The summed E-state index contributed by atoms with van der Waals surface area (Å²) in [5.74, 6) is 1.96. The second-order valence-electron chi connectivity index (χ2n) is 20.9. The van der Waals surface area contributed by atoms with Crippen molar-refractivity contribution < 1.29 is 22.7 Å². The van der Waals surface area contributed by atoms with Crippen molar-refractivity contribution in [2.75, 3.05) is 32.9 Å². The number of carbonyl (C=O) groups is 1. The average molecular weight is 755 g/mol. The van der Waals surface area contributed by atoms with Gasteiger partial charge < -0.3 is 10.4 Å². The molecule has 6 nitrogen and oxygen atoms in total. The molecular weight excluding hydrogens is 684 g/mol. The highest BCUT2D eigenvalue weighted by molar-refractivity contribution is 7.92. The minimum Gasteiger partial charge on any atom is -0.481 e. The van der Waals surface area contributed by atoms with Gasteiger partial charge in [-0.25, -0.2) is 12.8 Å². The molecule has 2 N–H and O–H groups in total. The lowest BCUT2D eigenvalue weighted by atomic mass is 9.33. The normalized spacial score (nSPS) is 47.6. The zero-order valence-corrected chi connectivity index (χ0v) is 35.1. The van der Waals surface area contributed by atoms with Crippen LogP contribution in [0.3, 0.4) is 0 Å². The first-order valence-corrected chi connectivity index (χ1v) is 22.9. The minimum absolute atomic E-state index is 0.0207. The van der Waals surface area contributed by atoms with Gasteiger partial charge in [-0.15, -0.1) is 0 Å². The highest BCUT2D eigenvalue weighted by Gasteiger charge is 2.70. The average Bonchev–Trinajstić information content (AvgIpc) is 3.47. The molecule has 0 spiro atoms. The van der Waals surface area contributed by atoms with Crippen LogP contribution in [0.2, 0.25) is 0 Å². The van der Waals surface area contributed by atoms with Gasteiger partial charge in [0.25, 0.3) is 0 Å². The number of carboxylic acid groups (broad SMARTS) is 1. The van der Waals surface area contributed by atoms with Gasteiger partial charge >= 0.3 is 5.97 Å². The molecule has 6 aliphatic carbocycles. The van der Waals surface area contributed by atoms with E-state index < -0.39 is 27.9 Å². The maximum absolute atomic E-state index is 14.0. The summed E-state index contributed by atoms with van der Waals surface area (Å²) in [5.41, 5.74) is 3.55. The molecular formula is C45H71FN2O4S. The second-order valence-corrected chi connectivity index (χ2v) is 23.7. The summed E-state index contributed by atoms with van der Waals surface area (Å²) in [6.45, 7) is 25.8. The zero-order valence-electron chi connectivity index (χ0n) is 34.3. The van der Waals surface area contributed by atoms with E-state index in [0.717, 1.165) is 19.5 Å². The highest BCUT2D eigenvalue weighted by atomic mass is 32.2. The SMILES string of the molecule is C=C(C)[C@@H]1CC[C@]2(NCCN3CC(C)S(=O)(=O)C(C)C3)CC[C@]3(C)[C@H](CC[C@@H]4[C@@]5(C)CC=C(C6=CC[C@](CF)(C(=O)O)CC6)C(C)(C)[C@@H]5CC[C@]43C)[C@@H]12. The Hall–Kier alpha value is -1.51. The maximum atomic E-state index is 14.0. The topological polar surface area (TPSA) is 86.7 Å². The Morgan fingerprint density at radius 3 is 2.23 bits per heavy atom. The van der Waals surface area contributed by atoms with E-state index >= 15 is 0 Å². The molecule has 0 amide bonds. The van der Waals surface area contributed by atoms with E-state index in [-0.39, 0.29) is 44.1 Å². The zero-order chi connectivity index (χ0) is 38.6. The van der Waals surface area contributed by atoms with E-state index in [4.69, 9.17) is 0 Å².